The number of nitrogens with zero attached hydrogens (tertiary/aromatic N) is 2. The number of nitrogens with one attached hydrogen (secondary N) is 2. The highest BCUT2D eigenvalue weighted by atomic mass is 32.1. The van der Waals surface area contributed by atoms with Gasteiger partial charge in [0.25, 0.3) is 0 Å². The Labute approximate surface area is 149 Å². The monoisotopic (exact) mass is 360 g/mol. The van der Waals surface area contributed by atoms with Gasteiger partial charge in [-0.25, -0.2) is 4.98 Å². The first-order valence-electron chi connectivity index (χ1n) is 8.39. The molecule has 7 nitrogen and oxygen atoms in total. The number of hydrogen-bond acceptors (Lipinski definition) is 6. The molecular formula is C17H20N4O3S. The van der Waals surface area contributed by atoms with Crippen molar-refractivity contribution in [1.82, 2.24) is 20.5 Å². The van der Waals surface area contributed by atoms with E-state index in [0.29, 0.717) is 19.5 Å². The fourth-order valence-electron chi connectivity index (χ4n) is 3.52. The van der Waals surface area contributed by atoms with E-state index in [9.17, 15) is 14.7 Å². The maximum Gasteiger partial charge on any atom is 0.248 e. The Morgan fingerprint density at radius 2 is 2.24 bits per heavy atom. The predicted octanol–water partition coefficient (Wildman–Crippen LogP) is 0.235. The highest BCUT2D eigenvalue weighted by molar-refractivity contribution is 7.18. The van der Waals surface area contributed by atoms with Gasteiger partial charge in [0.2, 0.25) is 11.8 Å². The number of benzene rings is 1. The van der Waals surface area contributed by atoms with Crippen LogP contribution in [0.3, 0.4) is 0 Å². The molecule has 25 heavy (non-hydrogen) atoms. The van der Waals surface area contributed by atoms with E-state index in [4.69, 9.17) is 0 Å². The largest absolute Gasteiger partial charge is 0.391 e. The van der Waals surface area contributed by atoms with Crippen molar-refractivity contribution in [3.05, 3.63) is 29.3 Å². The van der Waals surface area contributed by atoms with Gasteiger partial charge in [0.1, 0.15) is 17.1 Å². The lowest BCUT2D eigenvalue weighted by Gasteiger charge is -2.35. The van der Waals surface area contributed by atoms with Crippen molar-refractivity contribution in [2.75, 3.05) is 6.54 Å². The summed E-state index contributed by atoms with van der Waals surface area (Å²) in [4.78, 5) is 30.8. The summed E-state index contributed by atoms with van der Waals surface area (Å²) >= 11 is 1.64. The molecule has 1 aromatic carbocycles. The Bertz CT molecular complexity index is 788. The Hall–Kier alpha value is -2.03. The number of thiazole rings is 1. The van der Waals surface area contributed by atoms with Crippen molar-refractivity contribution in [2.24, 2.45) is 0 Å². The second-order valence-corrected chi connectivity index (χ2v) is 7.74. The minimum atomic E-state index is -0.896. The molecule has 0 unspecified atom stereocenters. The third-order valence-electron chi connectivity index (χ3n) is 4.81. The Morgan fingerprint density at radius 3 is 3.00 bits per heavy atom. The van der Waals surface area contributed by atoms with Crippen LogP contribution in [0.4, 0.5) is 0 Å². The molecule has 2 amide bonds. The molecule has 2 saturated heterocycles. The van der Waals surface area contributed by atoms with Crippen LogP contribution in [0.25, 0.3) is 10.2 Å². The molecule has 2 aromatic rings. The lowest BCUT2D eigenvalue weighted by Crippen LogP contribution is -2.64. The number of amides is 2. The Kier molecular flexibility index (Phi) is 4.18. The molecular weight excluding hydrogens is 340 g/mol. The number of carbonyl (C=O) groups is 2. The summed E-state index contributed by atoms with van der Waals surface area (Å²) in [5.74, 6) is -0.390. The summed E-state index contributed by atoms with van der Waals surface area (Å²) in [5.41, 5.74) is 0.988. The van der Waals surface area contributed by atoms with Crippen molar-refractivity contribution in [3.63, 3.8) is 0 Å². The molecule has 0 spiro atoms. The van der Waals surface area contributed by atoms with Gasteiger partial charge in [-0.1, -0.05) is 12.1 Å². The number of fused-ring (bicyclic) bond motifs is 2. The molecule has 0 aliphatic carbocycles. The minimum Gasteiger partial charge on any atom is -0.391 e. The molecule has 2 fully saturated rings. The number of aromatic nitrogens is 1. The minimum absolute atomic E-state index is 0.0412. The molecule has 0 saturated carbocycles. The van der Waals surface area contributed by atoms with Gasteiger partial charge in [0.05, 0.1) is 16.3 Å². The molecule has 4 rings (SSSR count). The number of piperazine rings is 1. The van der Waals surface area contributed by atoms with Crippen LogP contribution in [-0.4, -0.2) is 57.6 Å². The molecule has 4 atom stereocenters. The molecule has 0 bridgehead atoms. The van der Waals surface area contributed by atoms with E-state index in [-0.39, 0.29) is 17.9 Å². The number of carbonyl (C=O) groups excluding carboxylic acids is 2. The van der Waals surface area contributed by atoms with E-state index in [2.05, 4.69) is 15.6 Å². The topological polar surface area (TPSA) is 94.6 Å². The first-order valence-corrected chi connectivity index (χ1v) is 9.21. The van der Waals surface area contributed by atoms with Crippen molar-refractivity contribution < 1.29 is 14.7 Å². The maximum atomic E-state index is 12.4. The predicted molar refractivity (Wildman–Crippen MR) is 94.0 cm³/mol. The number of para-hydroxylation sites is 1. The molecule has 3 heterocycles. The second-order valence-electron chi connectivity index (χ2n) is 6.62. The van der Waals surface area contributed by atoms with Crippen molar-refractivity contribution in [1.29, 1.82) is 0 Å². The van der Waals surface area contributed by atoms with Crippen LogP contribution in [-0.2, 0) is 16.1 Å². The molecule has 8 heteroatoms. The summed E-state index contributed by atoms with van der Waals surface area (Å²) in [5, 5.41) is 16.7. The van der Waals surface area contributed by atoms with Gasteiger partial charge in [0, 0.05) is 19.1 Å². The zero-order valence-corrected chi connectivity index (χ0v) is 14.6. The summed E-state index contributed by atoms with van der Waals surface area (Å²) in [6, 6.07) is 6.75. The van der Waals surface area contributed by atoms with Gasteiger partial charge in [-0.05, 0) is 25.5 Å². The summed E-state index contributed by atoms with van der Waals surface area (Å²) < 4.78 is 1.15. The first-order chi connectivity index (χ1) is 12.0. The van der Waals surface area contributed by atoms with Crippen molar-refractivity contribution in [2.45, 2.75) is 44.1 Å². The smallest absolute Gasteiger partial charge is 0.248 e. The van der Waals surface area contributed by atoms with Gasteiger partial charge in [-0.15, -0.1) is 11.3 Å². The average Bonchev–Trinajstić information content (AvgIpc) is 3.19. The molecule has 2 aliphatic rings. The van der Waals surface area contributed by atoms with E-state index < -0.39 is 18.2 Å². The van der Waals surface area contributed by atoms with Gasteiger partial charge in [0.15, 0.2) is 0 Å². The van der Waals surface area contributed by atoms with Gasteiger partial charge in [-0.3, -0.25) is 9.59 Å². The third-order valence-corrected chi connectivity index (χ3v) is 5.85. The Balaban J connectivity index is 1.42. The molecule has 3 N–H and O–H groups in total. The van der Waals surface area contributed by atoms with Gasteiger partial charge < -0.3 is 20.6 Å². The van der Waals surface area contributed by atoms with Crippen LogP contribution in [0.2, 0.25) is 0 Å². The van der Waals surface area contributed by atoms with Gasteiger partial charge >= 0.3 is 0 Å². The highest BCUT2D eigenvalue weighted by Gasteiger charge is 2.47. The van der Waals surface area contributed by atoms with Crippen LogP contribution in [0.1, 0.15) is 18.4 Å². The summed E-state index contributed by atoms with van der Waals surface area (Å²) in [6.07, 6.45) is -0.318. The quantitative estimate of drug-likeness (QED) is 0.726. The van der Waals surface area contributed by atoms with E-state index in [1.54, 1.807) is 16.2 Å². The van der Waals surface area contributed by atoms with Crippen molar-refractivity contribution >= 4 is 33.4 Å². The van der Waals surface area contributed by atoms with E-state index in [1.807, 2.05) is 24.3 Å². The molecule has 1 aromatic heterocycles. The lowest BCUT2D eigenvalue weighted by molar-refractivity contribution is -0.149. The van der Waals surface area contributed by atoms with E-state index >= 15 is 0 Å². The summed E-state index contributed by atoms with van der Waals surface area (Å²) in [7, 11) is 0. The second kappa shape index (κ2) is 6.36. The van der Waals surface area contributed by atoms with Crippen LogP contribution >= 0.6 is 11.3 Å². The van der Waals surface area contributed by atoms with Crippen LogP contribution in [0.15, 0.2) is 24.3 Å². The normalized spacial score (nSPS) is 27.4. The third kappa shape index (κ3) is 3.01. The van der Waals surface area contributed by atoms with E-state index in [1.165, 1.54) is 6.92 Å². The maximum absolute atomic E-state index is 12.4. The zero-order chi connectivity index (χ0) is 17.6. The standard InChI is InChI=1S/C17H20N4O3S/c1-9(22)15-17(24)21-8-10(6-12(21)16(23)20-15)18-7-14-19-11-4-2-3-5-13(11)25-14/h2-5,9-10,12,15,18,22H,6-8H2,1H3,(H,20,23)/t9-,10-,12-,15+/m0/s1. The number of hydrogen-bond donors (Lipinski definition) is 3. The van der Waals surface area contributed by atoms with E-state index in [0.717, 1.165) is 15.2 Å². The van der Waals surface area contributed by atoms with Crippen LogP contribution in [0, 0.1) is 0 Å². The van der Waals surface area contributed by atoms with Crippen LogP contribution in [0.5, 0.6) is 0 Å². The highest BCUT2D eigenvalue weighted by Crippen LogP contribution is 2.25. The Morgan fingerprint density at radius 1 is 1.44 bits per heavy atom. The average molecular weight is 360 g/mol. The van der Waals surface area contributed by atoms with Gasteiger partial charge in [-0.2, -0.15) is 0 Å². The lowest BCUT2D eigenvalue weighted by atomic mass is 10.0. The fraction of sp³-hybridized carbons (Fsp3) is 0.471. The molecule has 0 radical (unpaired) electrons. The molecule has 132 valence electrons. The summed E-state index contributed by atoms with van der Waals surface area (Å²) in [6.45, 7) is 2.60. The van der Waals surface area contributed by atoms with Crippen molar-refractivity contribution in [3.8, 4) is 0 Å². The molecule has 2 aliphatic heterocycles. The fourth-order valence-corrected chi connectivity index (χ4v) is 4.44. The number of aliphatic hydroxyl groups is 1. The number of rotatable bonds is 4. The van der Waals surface area contributed by atoms with Crippen LogP contribution < -0.4 is 10.6 Å². The number of aliphatic hydroxyl groups excluding tert-OH is 1. The SMILES string of the molecule is C[C@H](O)[C@H]1NC(=O)[C@@H]2C[C@H](NCc3nc4ccccc4s3)CN2C1=O. The zero-order valence-electron chi connectivity index (χ0n) is 13.8. The first kappa shape index (κ1) is 16.4.